The first-order valence-corrected chi connectivity index (χ1v) is 5.37. The van der Waals surface area contributed by atoms with Crippen molar-refractivity contribution in [3.63, 3.8) is 0 Å². The normalized spacial score (nSPS) is 21.7. The van der Waals surface area contributed by atoms with Gasteiger partial charge in [-0.05, 0) is 13.0 Å². The van der Waals surface area contributed by atoms with Crippen LogP contribution in [0.1, 0.15) is 12.5 Å². The minimum atomic E-state index is -1.17. The van der Waals surface area contributed by atoms with Crippen LogP contribution in [-0.4, -0.2) is 29.9 Å². The molecule has 0 aliphatic carbocycles. The Kier molecular flexibility index (Phi) is 3.21. The maximum Gasteiger partial charge on any atom is 0.307 e. The van der Waals surface area contributed by atoms with Crippen LogP contribution in [0.4, 0.5) is 8.78 Å². The highest BCUT2D eigenvalue weighted by atomic mass is 19.2. The number of rotatable bonds is 5. The molecule has 0 spiro atoms. The Morgan fingerprint density at radius 3 is 2.78 bits per heavy atom. The monoisotopic (exact) mass is 258 g/mol. The smallest absolute Gasteiger partial charge is 0.307 e. The number of halogens is 2. The molecule has 0 radical (unpaired) electrons. The van der Waals surface area contributed by atoms with E-state index in [1.807, 2.05) is 0 Å². The number of carboxylic acids is 1. The first-order chi connectivity index (χ1) is 8.41. The van der Waals surface area contributed by atoms with Crippen molar-refractivity contribution in [1.29, 1.82) is 0 Å². The van der Waals surface area contributed by atoms with E-state index >= 15 is 0 Å². The number of aliphatic carboxylic acids is 1. The molecular formula is C12H12F2O4. The first-order valence-electron chi connectivity index (χ1n) is 5.37. The van der Waals surface area contributed by atoms with Crippen LogP contribution in [0.2, 0.25) is 0 Å². The van der Waals surface area contributed by atoms with Gasteiger partial charge in [-0.3, -0.25) is 4.79 Å². The number of carboxylic acid groups (broad SMARTS) is 1. The van der Waals surface area contributed by atoms with Crippen molar-refractivity contribution >= 4 is 5.97 Å². The molecule has 0 amide bonds. The molecule has 4 nitrogen and oxygen atoms in total. The van der Waals surface area contributed by atoms with Crippen molar-refractivity contribution in [1.82, 2.24) is 0 Å². The Labute approximate surface area is 102 Å². The van der Waals surface area contributed by atoms with Gasteiger partial charge in [0, 0.05) is 5.56 Å². The quantitative estimate of drug-likeness (QED) is 0.817. The van der Waals surface area contributed by atoms with E-state index in [4.69, 9.17) is 14.6 Å². The summed E-state index contributed by atoms with van der Waals surface area (Å²) in [6.45, 7) is 2.30. The number of epoxide rings is 1. The van der Waals surface area contributed by atoms with Crippen LogP contribution in [0.25, 0.3) is 0 Å². The number of hydrogen-bond donors (Lipinski definition) is 1. The average molecular weight is 258 g/mol. The summed E-state index contributed by atoms with van der Waals surface area (Å²) in [5.41, 5.74) is -0.384. The molecule has 0 saturated carbocycles. The summed E-state index contributed by atoms with van der Waals surface area (Å²) in [5, 5.41) is 8.70. The molecule has 1 heterocycles. The lowest BCUT2D eigenvalue weighted by Gasteiger charge is -2.13. The zero-order chi connectivity index (χ0) is 13.3. The highest BCUT2D eigenvalue weighted by molar-refractivity contribution is 5.71. The molecule has 1 aliphatic heterocycles. The van der Waals surface area contributed by atoms with Crippen LogP contribution in [0, 0.1) is 11.6 Å². The predicted octanol–water partition coefficient (Wildman–Crippen LogP) is 1.76. The number of hydrogen-bond acceptors (Lipinski definition) is 3. The fourth-order valence-electron chi connectivity index (χ4n) is 1.46. The molecule has 1 aliphatic rings. The molecule has 0 unspecified atom stereocenters. The van der Waals surface area contributed by atoms with Gasteiger partial charge in [0.25, 0.3) is 0 Å². The van der Waals surface area contributed by atoms with Gasteiger partial charge in [0.2, 0.25) is 5.82 Å². The van der Waals surface area contributed by atoms with Crippen molar-refractivity contribution in [3.8, 4) is 5.75 Å². The molecule has 1 fully saturated rings. The van der Waals surface area contributed by atoms with E-state index in [0.29, 0.717) is 6.61 Å². The third-order valence-corrected chi connectivity index (χ3v) is 2.63. The summed E-state index contributed by atoms with van der Waals surface area (Å²) >= 11 is 0. The van der Waals surface area contributed by atoms with E-state index in [1.165, 1.54) is 6.07 Å². The van der Waals surface area contributed by atoms with E-state index in [-0.39, 0.29) is 17.9 Å². The predicted molar refractivity (Wildman–Crippen MR) is 57.5 cm³/mol. The highest BCUT2D eigenvalue weighted by Gasteiger charge is 2.40. The second kappa shape index (κ2) is 4.53. The van der Waals surface area contributed by atoms with Gasteiger partial charge in [-0.1, -0.05) is 6.07 Å². The third kappa shape index (κ3) is 2.76. The van der Waals surface area contributed by atoms with Crippen LogP contribution >= 0.6 is 0 Å². The van der Waals surface area contributed by atoms with Crippen molar-refractivity contribution in [2.75, 3.05) is 13.2 Å². The van der Waals surface area contributed by atoms with Crippen LogP contribution in [0.15, 0.2) is 12.1 Å². The fourth-order valence-corrected chi connectivity index (χ4v) is 1.46. The molecule has 0 bridgehead atoms. The van der Waals surface area contributed by atoms with Crippen LogP contribution in [-0.2, 0) is 16.0 Å². The molecule has 2 rings (SSSR count). The van der Waals surface area contributed by atoms with Crippen LogP contribution in [0.5, 0.6) is 5.75 Å². The molecule has 98 valence electrons. The van der Waals surface area contributed by atoms with Gasteiger partial charge in [0.1, 0.15) is 12.2 Å². The van der Waals surface area contributed by atoms with Gasteiger partial charge in [-0.2, -0.15) is 4.39 Å². The molecule has 0 aromatic heterocycles. The maximum absolute atomic E-state index is 13.6. The third-order valence-electron chi connectivity index (χ3n) is 2.63. The lowest BCUT2D eigenvalue weighted by molar-refractivity contribution is -0.136. The van der Waals surface area contributed by atoms with Crippen molar-refractivity contribution in [3.05, 3.63) is 29.3 Å². The van der Waals surface area contributed by atoms with E-state index in [2.05, 4.69) is 0 Å². The van der Waals surface area contributed by atoms with Gasteiger partial charge in [-0.15, -0.1) is 0 Å². The van der Waals surface area contributed by atoms with Crippen LogP contribution in [0.3, 0.4) is 0 Å². The molecule has 1 saturated heterocycles. The van der Waals surface area contributed by atoms with Crippen LogP contribution < -0.4 is 4.74 Å². The lowest BCUT2D eigenvalue weighted by Crippen LogP contribution is -2.19. The second-order valence-electron chi connectivity index (χ2n) is 4.45. The van der Waals surface area contributed by atoms with Gasteiger partial charge < -0.3 is 14.6 Å². The topological polar surface area (TPSA) is 59.1 Å². The summed E-state index contributed by atoms with van der Waals surface area (Å²) in [4.78, 5) is 10.6. The van der Waals surface area contributed by atoms with Crippen molar-refractivity contribution < 1.29 is 28.2 Å². The highest BCUT2D eigenvalue weighted by Crippen LogP contribution is 2.30. The van der Waals surface area contributed by atoms with Gasteiger partial charge >= 0.3 is 5.97 Å². The Morgan fingerprint density at radius 2 is 2.22 bits per heavy atom. The summed E-state index contributed by atoms with van der Waals surface area (Å²) < 4.78 is 36.9. The maximum atomic E-state index is 13.6. The molecule has 1 atom stereocenters. The molecule has 1 N–H and O–H groups in total. The minimum absolute atomic E-state index is 0.0555. The molecule has 18 heavy (non-hydrogen) atoms. The second-order valence-corrected chi connectivity index (χ2v) is 4.45. The Morgan fingerprint density at radius 1 is 1.56 bits per heavy atom. The number of carbonyl (C=O) groups is 1. The largest absolute Gasteiger partial charge is 0.487 e. The Bertz CT molecular complexity index is 483. The summed E-state index contributed by atoms with van der Waals surface area (Å²) in [7, 11) is 0. The summed E-state index contributed by atoms with van der Waals surface area (Å²) in [6.07, 6.45) is -0.426. The minimum Gasteiger partial charge on any atom is -0.487 e. The van der Waals surface area contributed by atoms with E-state index in [0.717, 1.165) is 6.07 Å². The van der Waals surface area contributed by atoms with Crippen molar-refractivity contribution in [2.45, 2.75) is 18.9 Å². The van der Waals surface area contributed by atoms with Gasteiger partial charge in [0.15, 0.2) is 11.6 Å². The van der Waals surface area contributed by atoms with Crippen molar-refractivity contribution in [2.24, 2.45) is 0 Å². The summed E-state index contributed by atoms with van der Waals surface area (Å²) in [6, 6.07) is 2.09. The zero-order valence-corrected chi connectivity index (χ0v) is 9.70. The number of benzene rings is 1. The first kappa shape index (κ1) is 12.8. The molecule has 1 aromatic carbocycles. The fraction of sp³-hybridized carbons (Fsp3) is 0.417. The van der Waals surface area contributed by atoms with Gasteiger partial charge in [0.05, 0.1) is 13.0 Å². The number of ether oxygens (including phenoxy) is 2. The molecular weight excluding hydrogens is 246 g/mol. The SMILES string of the molecule is C[C@]1(COc2c(CC(=O)O)ccc(F)c2F)CO1. The Balaban J connectivity index is 2.22. The summed E-state index contributed by atoms with van der Waals surface area (Å²) in [5.74, 6) is -3.73. The van der Waals surface area contributed by atoms with E-state index < -0.39 is 29.6 Å². The van der Waals surface area contributed by atoms with E-state index in [1.54, 1.807) is 6.92 Å². The van der Waals surface area contributed by atoms with Gasteiger partial charge in [-0.25, -0.2) is 4.39 Å². The molecule has 6 heteroatoms. The average Bonchev–Trinajstić information content (AvgIpc) is 3.01. The zero-order valence-electron chi connectivity index (χ0n) is 9.70. The standard InChI is InChI=1S/C12H12F2O4/c1-12(6-18-12)5-17-11-7(4-9(15)16)2-3-8(13)10(11)14/h2-3H,4-6H2,1H3,(H,15,16)/t12-/m0/s1. The molecule has 1 aromatic rings. The Hall–Kier alpha value is -1.69. The lowest BCUT2D eigenvalue weighted by atomic mass is 10.1. The van der Waals surface area contributed by atoms with E-state index in [9.17, 15) is 13.6 Å².